The number of rotatable bonds is 1. The zero-order chi connectivity index (χ0) is 9.31. The second kappa shape index (κ2) is 3.41. The summed E-state index contributed by atoms with van der Waals surface area (Å²) in [5.41, 5.74) is 0.464. The summed E-state index contributed by atoms with van der Waals surface area (Å²) < 4.78 is 0. The van der Waals surface area contributed by atoms with Gasteiger partial charge in [0.15, 0.2) is 0 Å². The molecule has 2 unspecified atom stereocenters. The highest BCUT2D eigenvalue weighted by Crippen LogP contribution is 2.43. The molecule has 0 amide bonds. The third-order valence-corrected chi connectivity index (χ3v) is 4.02. The first kappa shape index (κ1) is 9.20. The van der Waals surface area contributed by atoms with E-state index >= 15 is 0 Å². The van der Waals surface area contributed by atoms with Gasteiger partial charge in [-0.25, -0.2) is 0 Å². The molecular weight excluding hydrogens is 162 g/mol. The van der Waals surface area contributed by atoms with E-state index in [1.165, 1.54) is 19.3 Å². The minimum atomic E-state index is 0.462. The van der Waals surface area contributed by atoms with Crippen molar-refractivity contribution in [3.63, 3.8) is 0 Å². The summed E-state index contributed by atoms with van der Waals surface area (Å²) in [7, 11) is 0. The lowest BCUT2D eigenvalue weighted by Crippen LogP contribution is -2.53. The van der Waals surface area contributed by atoms with Gasteiger partial charge in [-0.05, 0) is 37.6 Å². The third-order valence-electron chi connectivity index (χ3n) is 4.02. The van der Waals surface area contributed by atoms with Crippen LogP contribution in [0.5, 0.6) is 0 Å². The highest BCUT2D eigenvalue weighted by atomic mass is 16.1. The van der Waals surface area contributed by atoms with Crippen LogP contribution in [0.25, 0.3) is 0 Å². The van der Waals surface area contributed by atoms with E-state index in [1.54, 1.807) is 0 Å². The predicted molar refractivity (Wildman–Crippen MR) is 52.6 cm³/mol. The van der Waals surface area contributed by atoms with Crippen LogP contribution in [0.2, 0.25) is 0 Å². The molecule has 2 atom stereocenters. The molecule has 2 rings (SSSR count). The van der Waals surface area contributed by atoms with Crippen LogP contribution in [-0.4, -0.2) is 18.4 Å². The third kappa shape index (κ3) is 1.52. The van der Waals surface area contributed by atoms with Crippen molar-refractivity contribution in [2.75, 3.05) is 6.54 Å². The van der Waals surface area contributed by atoms with Crippen molar-refractivity contribution in [2.45, 2.75) is 51.5 Å². The van der Waals surface area contributed by atoms with E-state index in [0.717, 1.165) is 25.8 Å². The van der Waals surface area contributed by atoms with Crippen LogP contribution in [0.1, 0.15) is 45.4 Å². The predicted octanol–water partition coefficient (Wildman–Crippen LogP) is 1.89. The number of hydrogen-bond donors (Lipinski definition) is 1. The van der Waals surface area contributed by atoms with Crippen LogP contribution in [0, 0.1) is 5.41 Å². The first-order valence-corrected chi connectivity index (χ1v) is 5.52. The lowest BCUT2D eigenvalue weighted by molar-refractivity contribution is -0.124. The summed E-state index contributed by atoms with van der Waals surface area (Å²) in [5.74, 6) is 0.462. The molecule has 1 aliphatic heterocycles. The number of fused-ring (bicyclic) bond motifs is 1. The van der Waals surface area contributed by atoms with Crippen molar-refractivity contribution in [3.05, 3.63) is 0 Å². The molecule has 0 aromatic carbocycles. The minimum Gasteiger partial charge on any atom is -0.313 e. The van der Waals surface area contributed by atoms with Gasteiger partial charge >= 0.3 is 0 Å². The highest BCUT2D eigenvalue weighted by molar-refractivity contribution is 5.80. The van der Waals surface area contributed by atoms with E-state index in [-0.39, 0.29) is 0 Å². The molecule has 0 aromatic rings. The fourth-order valence-electron chi connectivity index (χ4n) is 3.01. The van der Waals surface area contributed by atoms with Crippen LogP contribution >= 0.6 is 0 Å². The Labute approximate surface area is 80.1 Å². The second-order valence-electron chi connectivity index (χ2n) is 4.57. The number of carbonyl (C=O) groups excluding carboxylic acids is 1. The molecule has 2 heteroatoms. The quantitative estimate of drug-likeness (QED) is 0.669. The van der Waals surface area contributed by atoms with Crippen LogP contribution in [-0.2, 0) is 4.79 Å². The average Bonchev–Trinajstić information content (AvgIpc) is 2.18. The zero-order valence-corrected chi connectivity index (χ0v) is 8.44. The van der Waals surface area contributed by atoms with Crippen molar-refractivity contribution in [1.82, 2.24) is 5.32 Å². The molecule has 0 bridgehead atoms. The van der Waals surface area contributed by atoms with Gasteiger partial charge in [-0.3, -0.25) is 4.79 Å². The molecule has 0 radical (unpaired) electrons. The summed E-state index contributed by atoms with van der Waals surface area (Å²) in [6.45, 7) is 3.38. The average molecular weight is 181 g/mol. The molecule has 1 saturated carbocycles. The van der Waals surface area contributed by atoms with Gasteiger partial charge in [0.05, 0.1) is 0 Å². The zero-order valence-electron chi connectivity index (χ0n) is 8.44. The van der Waals surface area contributed by atoms with Crippen LogP contribution < -0.4 is 5.32 Å². The van der Waals surface area contributed by atoms with Crippen molar-refractivity contribution < 1.29 is 4.79 Å². The monoisotopic (exact) mass is 181 g/mol. The van der Waals surface area contributed by atoms with Crippen LogP contribution in [0.4, 0.5) is 0 Å². The molecule has 1 heterocycles. The number of Topliss-reactive ketones (excluding diaryl/α,β-unsaturated/α-hetero) is 1. The second-order valence-corrected chi connectivity index (χ2v) is 4.57. The van der Waals surface area contributed by atoms with Gasteiger partial charge in [-0.2, -0.15) is 0 Å². The Morgan fingerprint density at radius 3 is 3.15 bits per heavy atom. The molecule has 1 N–H and O–H groups in total. The van der Waals surface area contributed by atoms with E-state index in [9.17, 15) is 4.79 Å². The molecule has 2 fully saturated rings. The van der Waals surface area contributed by atoms with Gasteiger partial charge in [-0.15, -0.1) is 0 Å². The van der Waals surface area contributed by atoms with Gasteiger partial charge in [0.1, 0.15) is 5.78 Å². The van der Waals surface area contributed by atoms with Crippen molar-refractivity contribution in [3.8, 4) is 0 Å². The molecule has 0 aromatic heterocycles. The number of hydrogen-bond acceptors (Lipinski definition) is 2. The summed E-state index contributed by atoms with van der Waals surface area (Å²) in [6.07, 6.45) is 6.59. The van der Waals surface area contributed by atoms with Crippen LogP contribution in [0.3, 0.4) is 0 Å². The SMILES string of the molecule is CCC12CCCNC1CC(=O)CC2. The Morgan fingerprint density at radius 2 is 2.38 bits per heavy atom. The summed E-state index contributed by atoms with van der Waals surface area (Å²) in [5, 5.41) is 3.52. The topological polar surface area (TPSA) is 29.1 Å². The molecule has 2 nitrogen and oxygen atoms in total. The Hall–Kier alpha value is -0.370. The number of piperidine rings is 1. The van der Waals surface area contributed by atoms with Crippen molar-refractivity contribution in [1.29, 1.82) is 0 Å². The normalized spacial score (nSPS) is 40.1. The van der Waals surface area contributed by atoms with E-state index < -0.39 is 0 Å². The first-order chi connectivity index (χ1) is 6.27. The van der Waals surface area contributed by atoms with Crippen LogP contribution in [0.15, 0.2) is 0 Å². The molecular formula is C11H19NO. The molecule has 74 valence electrons. The van der Waals surface area contributed by atoms with E-state index in [4.69, 9.17) is 0 Å². The first-order valence-electron chi connectivity index (χ1n) is 5.52. The maximum absolute atomic E-state index is 11.3. The summed E-state index contributed by atoms with van der Waals surface area (Å²) in [6, 6.07) is 0.493. The Bertz CT molecular complexity index is 214. The molecule has 2 aliphatic rings. The van der Waals surface area contributed by atoms with E-state index in [1.807, 2.05) is 0 Å². The highest BCUT2D eigenvalue weighted by Gasteiger charge is 2.42. The molecule has 13 heavy (non-hydrogen) atoms. The number of nitrogens with one attached hydrogen (secondary N) is 1. The van der Waals surface area contributed by atoms with Gasteiger partial charge in [0.25, 0.3) is 0 Å². The largest absolute Gasteiger partial charge is 0.313 e. The molecule has 0 spiro atoms. The number of ketones is 1. The lowest BCUT2D eigenvalue weighted by Gasteiger charge is -2.47. The Kier molecular flexibility index (Phi) is 2.41. The number of carbonyl (C=O) groups is 1. The fraction of sp³-hybridized carbons (Fsp3) is 0.909. The van der Waals surface area contributed by atoms with E-state index in [2.05, 4.69) is 12.2 Å². The maximum Gasteiger partial charge on any atom is 0.134 e. The van der Waals surface area contributed by atoms with E-state index in [0.29, 0.717) is 17.2 Å². The summed E-state index contributed by atoms with van der Waals surface area (Å²) in [4.78, 5) is 11.3. The van der Waals surface area contributed by atoms with Gasteiger partial charge in [0.2, 0.25) is 0 Å². The maximum atomic E-state index is 11.3. The van der Waals surface area contributed by atoms with Crippen molar-refractivity contribution in [2.24, 2.45) is 5.41 Å². The fourth-order valence-corrected chi connectivity index (χ4v) is 3.01. The molecule has 1 saturated heterocycles. The van der Waals surface area contributed by atoms with Gasteiger partial charge < -0.3 is 5.32 Å². The molecule has 1 aliphatic carbocycles. The smallest absolute Gasteiger partial charge is 0.134 e. The lowest BCUT2D eigenvalue weighted by atomic mass is 9.64. The summed E-state index contributed by atoms with van der Waals surface area (Å²) >= 11 is 0. The standard InChI is InChI=1S/C11H19NO/c1-2-11-5-3-7-12-10(11)8-9(13)4-6-11/h10,12H,2-8H2,1H3. The van der Waals surface area contributed by atoms with Gasteiger partial charge in [0, 0.05) is 18.9 Å². The Morgan fingerprint density at radius 1 is 1.54 bits per heavy atom. The van der Waals surface area contributed by atoms with Crippen molar-refractivity contribution >= 4 is 5.78 Å². The Balaban J connectivity index is 2.14. The minimum absolute atomic E-state index is 0.462. The van der Waals surface area contributed by atoms with Gasteiger partial charge in [-0.1, -0.05) is 6.92 Å².